The van der Waals surface area contributed by atoms with Crippen LogP contribution in [0.25, 0.3) is 0 Å². The monoisotopic (exact) mass is 420 g/mol. The number of benzene rings is 2. The molecule has 2 aromatic rings. The molecule has 0 radical (unpaired) electrons. The van der Waals surface area contributed by atoms with Gasteiger partial charge < -0.3 is 5.11 Å². The van der Waals surface area contributed by atoms with Crippen LogP contribution in [0.4, 0.5) is 5.69 Å². The highest BCUT2D eigenvalue weighted by Gasteiger charge is 2.49. The van der Waals surface area contributed by atoms with E-state index < -0.39 is 5.97 Å². The van der Waals surface area contributed by atoms with Gasteiger partial charge in [0.2, 0.25) is 5.91 Å². The van der Waals surface area contributed by atoms with Crippen LogP contribution in [0.2, 0.25) is 0 Å². The van der Waals surface area contributed by atoms with E-state index in [0.29, 0.717) is 18.0 Å². The van der Waals surface area contributed by atoms with Crippen LogP contribution in [0, 0.1) is 11.8 Å². The van der Waals surface area contributed by atoms with Gasteiger partial charge in [-0.05, 0) is 67.3 Å². The molecule has 2 aromatic carbocycles. The number of carbonyl (C=O) groups is 2. The molecule has 2 bridgehead atoms. The third-order valence-corrected chi connectivity index (χ3v) is 7.75. The highest BCUT2D eigenvalue weighted by molar-refractivity contribution is 8.15. The summed E-state index contributed by atoms with van der Waals surface area (Å²) in [7, 11) is 0. The van der Waals surface area contributed by atoms with Gasteiger partial charge in [0.15, 0.2) is 5.17 Å². The van der Waals surface area contributed by atoms with Crippen LogP contribution >= 0.6 is 11.8 Å². The Bertz CT molecular complexity index is 989. The second-order valence-corrected chi connectivity index (χ2v) is 9.66. The molecule has 154 valence electrons. The van der Waals surface area contributed by atoms with E-state index in [2.05, 4.69) is 12.1 Å². The topological polar surface area (TPSA) is 70.0 Å². The molecule has 1 saturated heterocycles. The van der Waals surface area contributed by atoms with Gasteiger partial charge in [-0.25, -0.2) is 9.79 Å². The van der Waals surface area contributed by atoms with E-state index in [9.17, 15) is 9.59 Å². The van der Waals surface area contributed by atoms with Crippen LogP contribution in [0.5, 0.6) is 0 Å². The number of hydrogen-bond donors (Lipinski definition) is 1. The summed E-state index contributed by atoms with van der Waals surface area (Å²) < 4.78 is 0. The van der Waals surface area contributed by atoms with Gasteiger partial charge in [-0.3, -0.25) is 9.69 Å². The predicted octanol–water partition coefficient (Wildman–Crippen LogP) is 4.75. The smallest absolute Gasteiger partial charge is 0.335 e. The van der Waals surface area contributed by atoms with Crippen molar-refractivity contribution in [3.63, 3.8) is 0 Å². The fraction of sp³-hybridized carbons (Fsp3) is 0.375. The van der Waals surface area contributed by atoms with Crippen molar-refractivity contribution in [2.75, 3.05) is 0 Å². The van der Waals surface area contributed by atoms with Crippen molar-refractivity contribution in [1.82, 2.24) is 4.90 Å². The fourth-order valence-corrected chi connectivity index (χ4v) is 6.38. The lowest BCUT2D eigenvalue weighted by Crippen LogP contribution is -2.44. The minimum atomic E-state index is -0.953. The lowest BCUT2D eigenvalue weighted by Gasteiger charge is -2.31. The molecule has 1 aliphatic heterocycles. The Kier molecular flexibility index (Phi) is 5.11. The summed E-state index contributed by atoms with van der Waals surface area (Å²) in [5, 5.41) is 9.72. The van der Waals surface area contributed by atoms with Gasteiger partial charge in [0, 0.05) is 6.04 Å². The Balaban J connectivity index is 1.44. The van der Waals surface area contributed by atoms with Crippen LogP contribution in [0.15, 0.2) is 59.6 Å². The standard InChI is InChI=1S/C24H24N2O3S/c27-22-21(14-15-4-2-1-3-5-15)30-24(25-19-10-8-17(9-11-19)23(28)29)26(22)20-13-16-6-7-18(20)12-16/h1-5,8-11,16,18,20-21H,6-7,12-14H2,(H,28,29)/t16-,18-,20+,21+/m0/s1. The number of aromatic carboxylic acids is 1. The quantitative estimate of drug-likeness (QED) is 0.758. The number of carboxylic acid groups (broad SMARTS) is 1. The third-order valence-electron chi connectivity index (χ3n) is 6.60. The van der Waals surface area contributed by atoms with E-state index in [1.807, 2.05) is 23.1 Å². The molecule has 3 fully saturated rings. The summed E-state index contributed by atoms with van der Waals surface area (Å²) in [5.41, 5.74) is 2.08. The van der Waals surface area contributed by atoms with Crippen molar-refractivity contribution in [1.29, 1.82) is 0 Å². The molecule has 1 amide bonds. The SMILES string of the molecule is O=C(O)c1ccc(N=C2S[C@H](Cc3ccccc3)C(=O)N2[C@@H]2C[C@H]3CC[C@H]2C3)cc1. The molecule has 1 heterocycles. The second-order valence-electron chi connectivity index (χ2n) is 8.49. The lowest BCUT2D eigenvalue weighted by atomic mass is 9.94. The van der Waals surface area contributed by atoms with Gasteiger partial charge in [-0.2, -0.15) is 0 Å². The average molecular weight is 421 g/mol. The van der Waals surface area contributed by atoms with Crippen LogP contribution in [0.3, 0.4) is 0 Å². The van der Waals surface area contributed by atoms with Crippen molar-refractivity contribution in [2.45, 2.75) is 43.4 Å². The first kappa shape index (κ1) is 19.4. The Morgan fingerprint density at radius 2 is 1.83 bits per heavy atom. The number of thioether (sulfide) groups is 1. The van der Waals surface area contributed by atoms with Crippen LogP contribution in [-0.2, 0) is 11.2 Å². The van der Waals surface area contributed by atoms with Gasteiger partial charge in [-0.15, -0.1) is 0 Å². The summed E-state index contributed by atoms with van der Waals surface area (Å²) in [6, 6.07) is 16.9. The summed E-state index contributed by atoms with van der Waals surface area (Å²) in [6.07, 6.45) is 5.48. The zero-order valence-corrected chi connectivity index (χ0v) is 17.4. The van der Waals surface area contributed by atoms with E-state index in [0.717, 1.165) is 23.1 Å². The van der Waals surface area contributed by atoms with E-state index in [4.69, 9.17) is 10.1 Å². The minimum absolute atomic E-state index is 0.163. The van der Waals surface area contributed by atoms with Crippen LogP contribution in [-0.4, -0.2) is 38.3 Å². The first-order chi connectivity index (χ1) is 14.6. The van der Waals surface area contributed by atoms with E-state index in [1.165, 1.54) is 19.3 Å². The highest BCUT2D eigenvalue weighted by Crippen LogP contribution is 2.49. The molecule has 0 spiro atoms. The van der Waals surface area contributed by atoms with Crippen molar-refractivity contribution < 1.29 is 14.7 Å². The fourth-order valence-electron chi connectivity index (χ4n) is 5.14. The normalized spacial score (nSPS) is 29.1. The number of amidine groups is 1. The number of fused-ring (bicyclic) bond motifs is 2. The highest BCUT2D eigenvalue weighted by atomic mass is 32.2. The lowest BCUT2D eigenvalue weighted by molar-refractivity contribution is -0.128. The maximum absolute atomic E-state index is 13.5. The van der Waals surface area contributed by atoms with E-state index >= 15 is 0 Å². The number of carboxylic acids is 1. The molecule has 5 rings (SSSR count). The third kappa shape index (κ3) is 3.65. The second kappa shape index (κ2) is 7.91. The predicted molar refractivity (Wildman–Crippen MR) is 118 cm³/mol. The molecule has 6 heteroatoms. The van der Waals surface area contributed by atoms with Crippen molar-refractivity contribution >= 4 is 34.5 Å². The molecule has 2 saturated carbocycles. The first-order valence-electron chi connectivity index (χ1n) is 10.5. The van der Waals surface area contributed by atoms with Gasteiger partial charge in [-0.1, -0.05) is 48.5 Å². The molecular weight excluding hydrogens is 396 g/mol. The molecule has 1 N–H and O–H groups in total. The molecular formula is C24H24N2O3S. The van der Waals surface area contributed by atoms with Gasteiger partial charge in [0.05, 0.1) is 16.5 Å². The van der Waals surface area contributed by atoms with Gasteiger partial charge >= 0.3 is 5.97 Å². The van der Waals surface area contributed by atoms with Crippen LogP contribution < -0.4 is 0 Å². The Morgan fingerprint density at radius 3 is 2.47 bits per heavy atom. The number of carbonyl (C=O) groups excluding carboxylic acids is 1. The van der Waals surface area contributed by atoms with Crippen molar-refractivity contribution in [2.24, 2.45) is 16.8 Å². The number of amides is 1. The maximum atomic E-state index is 13.5. The summed E-state index contributed by atoms with van der Waals surface area (Å²) in [5.74, 6) is 0.533. The van der Waals surface area contributed by atoms with Crippen molar-refractivity contribution in [3.05, 3.63) is 65.7 Å². The Hall–Kier alpha value is -2.60. The van der Waals surface area contributed by atoms with E-state index in [-0.39, 0.29) is 22.8 Å². The maximum Gasteiger partial charge on any atom is 0.335 e. The number of rotatable bonds is 5. The first-order valence-corrected chi connectivity index (χ1v) is 11.4. The Labute approximate surface area is 180 Å². The summed E-state index contributed by atoms with van der Waals surface area (Å²) >= 11 is 1.55. The Morgan fingerprint density at radius 1 is 1.07 bits per heavy atom. The van der Waals surface area contributed by atoms with Crippen molar-refractivity contribution in [3.8, 4) is 0 Å². The van der Waals surface area contributed by atoms with Gasteiger partial charge in [0.25, 0.3) is 0 Å². The zero-order chi connectivity index (χ0) is 20.7. The molecule has 0 unspecified atom stereocenters. The summed E-state index contributed by atoms with van der Waals surface area (Å²) in [4.78, 5) is 31.4. The number of hydrogen-bond acceptors (Lipinski definition) is 4. The molecule has 0 aromatic heterocycles. The molecule has 30 heavy (non-hydrogen) atoms. The van der Waals surface area contributed by atoms with E-state index in [1.54, 1.807) is 36.0 Å². The zero-order valence-electron chi connectivity index (χ0n) is 16.6. The van der Waals surface area contributed by atoms with Crippen LogP contribution in [0.1, 0.15) is 41.6 Å². The largest absolute Gasteiger partial charge is 0.478 e. The minimum Gasteiger partial charge on any atom is -0.478 e. The molecule has 5 nitrogen and oxygen atoms in total. The molecule has 2 aliphatic carbocycles. The number of nitrogens with zero attached hydrogens (tertiary/aromatic N) is 2. The number of aliphatic imine (C=N–C) groups is 1. The molecule has 4 atom stereocenters. The molecule has 3 aliphatic rings. The van der Waals surface area contributed by atoms with Gasteiger partial charge in [0.1, 0.15) is 0 Å². The average Bonchev–Trinajstić information content (AvgIpc) is 3.45. The summed E-state index contributed by atoms with van der Waals surface area (Å²) in [6.45, 7) is 0.